The van der Waals surface area contributed by atoms with Gasteiger partial charge in [-0.2, -0.15) is 17.7 Å². The highest BCUT2D eigenvalue weighted by molar-refractivity contribution is 7.18. The molecule has 2 rings (SSSR count). The van der Waals surface area contributed by atoms with Crippen LogP contribution in [-0.2, 0) is 6.18 Å². The van der Waals surface area contributed by atoms with E-state index >= 15 is 0 Å². The van der Waals surface area contributed by atoms with Gasteiger partial charge in [-0.3, -0.25) is 4.79 Å². The molecule has 0 saturated carbocycles. The highest BCUT2D eigenvalue weighted by Gasteiger charge is 2.38. The van der Waals surface area contributed by atoms with Crippen LogP contribution in [0.1, 0.15) is 29.0 Å². The van der Waals surface area contributed by atoms with Gasteiger partial charge in [0, 0.05) is 6.54 Å². The third-order valence-electron chi connectivity index (χ3n) is 1.97. The first-order valence-electron chi connectivity index (χ1n) is 5.01. The van der Waals surface area contributed by atoms with Crippen molar-refractivity contribution in [1.82, 2.24) is 25.1 Å². The molecule has 2 heterocycles. The van der Waals surface area contributed by atoms with Crippen molar-refractivity contribution in [1.29, 1.82) is 0 Å². The third-order valence-corrected chi connectivity index (χ3v) is 2.87. The minimum Gasteiger partial charge on any atom is -0.350 e. The maximum Gasteiger partial charge on any atom is 0.453 e. The first-order chi connectivity index (χ1) is 8.43. The van der Waals surface area contributed by atoms with Gasteiger partial charge in [-0.1, -0.05) is 18.3 Å². The molecule has 0 spiro atoms. The molecule has 1 amide bonds. The summed E-state index contributed by atoms with van der Waals surface area (Å²) in [5.74, 6) is -1.75. The van der Waals surface area contributed by atoms with E-state index in [1.54, 1.807) is 0 Å². The lowest BCUT2D eigenvalue weighted by Crippen LogP contribution is -2.24. The molecule has 0 aliphatic carbocycles. The number of halogens is 3. The predicted molar refractivity (Wildman–Crippen MR) is 56.3 cm³/mol. The van der Waals surface area contributed by atoms with Crippen molar-refractivity contribution in [3.05, 3.63) is 10.8 Å². The molecule has 10 heteroatoms. The second-order valence-electron chi connectivity index (χ2n) is 3.38. The van der Waals surface area contributed by atoms with Gasteiger partial charge in [-0.15, -0.1) is 15.3 Å². The number of nitrogens with one attached hydrogen (secondary N) is 1. The number of fused-ring (bicyclic) bond motifs is 1. The van der Waals surface area contributed by atoms with Crippen LogP contribution in [0.5, 0.6) is 0 Å². The Morgan fingerprint density at radius 3 is 2.78 bits per heavy atom. The minimum atomic E-state index is -4.65. The zero-order valence-electron chi connectivity index (χ0n) is 9.15. The van der Waals surface area contributed by atoms with E-state index in [9.17, 15) is 18.0 Å². The number of rotatable bonds is 3. The normalized spacial score (nSPS) is 12.0. The molecule has 0 radical (unpaired) electrons. The Labute approximate surface area is 103 Å². The Bertz CT molecular complexity index is 575. The van der Waals surface area contributed by atoms with E-state index in [1.807, 2.05) is 6.92 Å². The number of hydrogen-bond acceptors (Lipinski definition) is 5. The van der Waals surface area contributed by atoms with E-state index in [-0.39, 0.29) is 9.97 Å². The molecule has 0 saturated heterocycles. The van der Waals surface area contributed by atoms with Crippen LogP contribution >= 0.6 is 11.3 Å². The number of hydrogen-bond donors (Lipinski definition) is 1. The SMILES string of the molecule is CCCNC(=O)c1nn2c(C(F)(F)F)nnc2s1. The topological polar surface area (TPSA) is 72.2 Å². The molecule has 0 aromatic carbocycles. The maximum atomic E-state index is 12.5. The van der Waals surface area contributed by atoms with Crippen LogP contribution < -0.4 is 5.32 Å². The smallest absolute Gasteiger partial charge is 0.350 e. The first kappa shape index (κ1) is 12.7. The van der Waals surface area contributed by atoms with Crippen LogP contribution in [0.3, 0.4) is 0 Å². The monoisotopic (exact) mass is 279 g/mol. The summed E-state index contributed by atoms with van der Waals surface area (Å²) in [7, 11) is 0. The van der Waals surface area contributed by atoms with Gasteiger partial charge in [0.05, 0.1) is 0 Å². The van der Waals surface area contributed by atoms with Crippen molar-refractivity contribution in [3.63, 3.8) is 0 Å². The van der Waals surface area contributed by atoms with Crippen LogP contribution in [0.15, 0.2) is 0 Å². The molecule has 2 aromatic heterocycles. The van der Waals surface area contributed by atoms with Gasteiger partial charge in [0.1, 0.15) is 0 Å². The molecule has 0 bridgehead atoms. The number of carbonyl (C=O) groups is 1. The lowest BCUT2D eigenvalue weighted by atomic mass is 10.5. The zero-order chi connectivity index (χ0) is 13.3. The maximum absolute atomic E-state index is 12.5. The van der Waals surface area contributed by atoms with E-state index in [4.69, 9.17) is 0 Å². The lowest BCUT2D eigenvalue weighted by molar-refractivity contribution is -0.146. The first-order valence-corrected chi connectivity index (χ1v) is 5.82. The van der Waals surface area contributed by atoms with Crippen LogP contribution in [0, 0.1) is 0 Å². The second-order valence-corrected chi connectivity index (χ2v) is 4.33. The van der Waals surface area contributed by atoms with Gasteiger partial charge in [0.2, 0.25) is 9.97 Å². The predicted octanol–water partition coefficient (Wildman–Crippen LogP) is 1.34. The molecule has 1 N–H and O–H groups in total. The Balaban J connectivity index is 2.34. The van der Waals surface area contributed by atoms with Gasteiger partial charge in [0.25, 0.3) is 11.7 Å². The van der Waals surface area contributed by atoms with Crippen molar-refractivity contribution < 1.29 is 18.0 Å². The zero-order valence-corrected chi connectivity index (χ0v) is 9.97. The number of aromatic nitrogens is 4. The summed E-state index contributed by atoms with van der Waals surface area (Å²) in [5.41, 5.74) is 0. The fourth-order valence-corrected chi connectivity index (χ4v) is 1.96. The standard InChI is InChI=1S/C8H8F3N5OS/c1-2-3-12-4(17)5-15-16-6(8(9,10)11)13-14-7(16)18-5/h2-3H2,1H3,(H,12,17). The summed E-state index contributed by atoms with van der Waals surface area (Å²) in [5, 5.41) is 12.4. The van der Waals surface area contributed by atoms with E-state index in [2.05, 4.69) is 20.6 Å². The van der Waals surface area contributed by atoms with Crippen molar-refractivity contribution in [2.24, 2.45) is 0 Å². The Morgan fingerprint density at radius 2 is 2.17 bits per heavy atom. The van der Waals surface area contributed by atoms with Crippen LogP contribution in [-0.4, -0.2) is 32.3 Å². The molecule has 2 aromatic rings. The second kappa shape index (κ2) is 4.52. The van der Waals surface area contributed by atoms with E-state index in [0.717, 1.165) is 17.8 Å². The number of carbonyl (C=O) groups excluding carboxylic acids is 1. The number of alkyl halides is 3. The molecular weight excluding hydrogens is 271 g/mol. The van der Waals surface area contributed by atoms with Gasteiger partial charge >= 0.3 is 6.18 Å². The van der Waals surface area contributed by atoms with Crippen molar-refractivity contribution in [2.45, 2.75) is 19.5 Å². The van der Waals surface area contributed by atoms with Gasteiger partial charge in [0.15, 0.2) is 0 Å². The summed E-state index contributed by atoms with van der Waals surface area (Å²) >= 11 is 0.759. The summed E-state index contributed by atoms with van der Waals surface area (Å²) < 4.78 is 38.0. The number of amides is 1. The molecule has 98 valence electrons. The molecule has 0 aliphatic heterocycles. The largest absolute Gasteiger partial charge is 0.453 e. The third kappa shape index (κ3) is 2.28. The van der Waals surface area contributed by atoms with Crippen molar-refractivity contribution in [3.8, 4) is 0 Å². The number of nitrogens with zero attached hydrogens (tertiary/aromatic N) is 4. The quantitative estimate of drug-likeness (QED) is 0.920. The van der Waals surface area contributed by atoms with E-state index in [1.165, 1.54) is 0 Å². The Kier molecular flexibility index (Phi) is 3.20. The van der Waals surface area contributed by atoms with Crippen LogP contribution in [0.2, 0.25) is 0 Å². The average molecular weight is 279 g/mol. The molecule has 18 heavy (non-hydrogen) atoms. The highest BCUT2D eigenvalue weighted by Crippen LogP contribution is 2.28. The Morgan fingerprint density at radius 1 is 1.44 bits per heavy atom. The summed E-state index contributed by atoms with van der Waals surface area (Å²) in [6.45, 7) is 2.30. The summed E-state index contributed by atoms with van der Waals surface area (Å²) in [6, 6.07) is 0. The lowest BCUT2D eigenvalue weighted by Gasteiger charge is -2.00. The molecule has 0 fully saturated rings. The molecule has 0 atom stereocenters. The fourth-order valence-electron chi connectivity index (χ4n) is 1.20. The fraction of sp³-hybridized carbons (Fsp3) is 0.500. The van der Waals surface area contributed by atoms with Crippen LogP contribution in [0.25, 0.3) is 4.96 Å². The molecule has 0 unspecified atom stereocenters. The molecule has 0 aliphatic rings. The van der Waals surface area contributed by atoms with E-state index in [0.29, 0.717) is 11.1 Å². The van der Waals surface area contributed by atoms with Crippen molar-refractivity contribution in [2.75, 3.05) is 6.54 Å². The summed E-state index contributed by atoms with van der Waals surface area (Å²) in [6.07, 6.45) is -3.92. The van der Waals surface area contributed by atoms with Gasteiger partial charge < -0.3 is 5.32 Å². The summed E-state index contributed by atoms with van der Waals surface area (Å²) in [4.78, 5) is 11.5. The Hall–Kier alpha value is -1.71. The minimum absolute atomic E-state index is 0.0658. The van der Waals surface area contributed by atoms with Gasteiger partial charge in [-0.25, -0.2) is 0 Å². The average Bonchev–Trinajstić information content (AvgIpc) is 2.82. The van der Waals surface area contributed by atoms with E-state index < -0.39 is 17.9 Å². The molecular formula is C8H8F3N5OS. The highest BCUT2D eigenvalue weighted by atomic mass is 32.1. The van der Waals surface area contributed by atoms with Gasteiger partial charge in [-0.05, 0) is 6.42 Å². The molecule has 6 nitrogen and oxygen atoms in total. The van der Waals surface area contributed by atoms with Crippen molar-refractivity contribution >= 4 is 22.2 Å². The van der Waals surface area contributed by atoms with Crippen LogP contribution in [0.4, 0.5) is 13.2 Å².